The molecule has 1 fully saturated rings. The standard InChI is InChI=1S/C8H10N4O2/c13-7-3-5(4-9-7)8(14)11-6-1-2-10-12-6/h1-2,5H,3-4H2,(H,9,13)(H2,10,11,12,14). The molecule has 6 nitrogen and oxygen atoms in total. The third-order valence-corrected chi connectivity index (χ3v) is 2.11. The number of amides is 2. The maximum Gasteiger partial charge on any atom is 0.230 e. The van der Waals surface area contributed by atoms with E-state index in [1.807, 2.05) is 0 Å². The predicted molar refractivity (Wildman–Crippen MR) is 48.3 cm³/mol. The van der Waals surface area contributed by atoms with Crippen LogP contribution in [0, 0.1) is 5.92 Å². The van der Waals surface area contributed by atoms with Gasteiger partial charge in [0.1, 0.15) is 5.82 Å². The number of nitrogens with zero attached hydrogens (tertiary/aromatic N) is 1. The normalized spacial score (nSPS) is 20.6. The first-order chi connectivity index (χ1) is 6.75. The van der Waals surface area contributed by atoms with Gasteiger partial charge in [0, 0.05) is 19.0 Å². The van der Waals surface area contributed by atoms with Crippen molar-refractivity contribution in [3.8, 4) is 0 Å². The van der Waals surface area contributed by atoms with Crippen molar-refractivity contribution >= 4 is 17.6 Å². The molecule has 0 saturated carbocycles. The first-order valence-corrected chi connectivity index (χ1v) is 4.32. The molecule has 2 heterocycles. The highest BCUT2D eigenvalue weighted by Crippen LogP contribution is 2.11. The van der Waals surface area contributed by atoms with E-state index in [1.54, 1.807) is 12.3 Å². The lowest BCUT2D eigenvalue weighted by Crippen LogP contribution is -2.24. The number of nitrogens with one attached hydrogen (secondary N) is 3. The van der Waals surface area contributed by atoms with Gasteiger partial charge in [0.2, 0.25) is 11.8 Å². The third kappa shape index (κ3) is 1.73. The molecular weight excluding hydrogens is 184 g/mol. The van der Waals surface area contributed by atoms with Crippen LogP contribution in [0.5, 0.6) is 0 Å². The van der Waals surface area contributed by atoms with Crippen molar-refractivity contribution in [3.05, 3.63) is 12.3 Å². The average Bonchev–Trinajstić information content (AvgIpc) is 2.75. The van der Waals surface area contributed by atoms with Gasteiger partial charge in [-0.15, -0.1) is 0 Å². The second-order valence-corrected chi connectivity index (χ2v) is 3.16. The highest BCUT2D eigenvalue weighted by Gasteiger charge is 2.27. The monoisotopic (exact) mass is 194 g/mol. The van der Waals surface area contributed by atoms with E-state index in [2.05, 4.69) is 20.8 Å². The topological polar surface area (TPSA) is 86.9 Å². The SMILES string of the molecule is O=C1CC(C(=O)Nc2ccn[nH]2)CN1. The number of H-pyrrole nitrogens is 1. The number of carbonyl (C=O) groups is 2. The Hall–Kier alpha value is -1.85. The molecule has 0 aliphatic carbocycles. The zero-order chi connectivity index (χ0) is 9.97. The van der Waals surface area contributed by atoms with Gasteiger partial charge in [0.25, 0.3) is 0 Å². The molecule has 0 aromatic carbocycles. The van der Waals surface area contributed by atoms with Crippen LogP contribution in [0.15, 0.2) is 12.3 Å². The van der Waals surface area contributed by atoms with Crippen molar-refractivity contribution in [1.29, 1.82) is 0 Å². The van der Waals surface area contributed by atoms with Crippen LogP contribution in [0.4, 0.5) is 5.82 Å². The first-order valence-electron chi connectivity index (χ1n) is 4.32. The van der Waals surface area contributed by atoms with Crippen molar-refractivity contribution in [1.82, 2.24) is 15.5 Å². The summed E-state index contributed by atoms with van der Waals surface area (Å²) in [6.07, 6.45) is 1.81. The summed E-state index contributed by atoms with van der Waals surface area (Å²) in [7, 11) is 0. The molecule has 1 aliphatic heterocycles. The molecule has 1 aromatic heterocycles. The van der Waals surface area contributed by atoms with E-state index in [4.69, 9.17) is 0 Å². The van der Waals surface area contributed by atoms with Crippen molar-refractivity contribution in [2.24, 2.45) is 5.92 Å². The Balaban J connectivity index is 1.93. The lowest BCUT2D eigenvalue weighted by molar-refractivity contribution is -0.123. The maximum atomic E-state index is 11.5. The summed E-state index contributed by atoms with van der Waals surface area (Å²) < 4.78 is 0. The van der Waals surface area contributed by atoms with Crippen molar-refractivity contribution in [2.45, 2.75) is 6.42 Å². The quantitative estimate of drug-likeness (QED) is 0.592. The molecule has 6 heteroatoms. The lowest BCUT2D eigenvalue weighted by atomic mass is 10.1. The van der Waals surface area contributed by atoms with Gasteiger partial charge in [-0.3, -0.25) is 14.7 Å². The Kier molecular flexibility index (Phi) is 2.18. The molecule has 3 N–H and O–H groups in total. The highest BCUT2D eigenvalue weighted by atomic mass is 16.2. The lowest BCUT2D eigenvalue weighted by Gasteiger charge is -2.06. The van der Waals surface area contributed by atoms with E-state index in [0.717, 1.165) is 0 Å². The maximum absolute atomic E-state index is 11.5. The van der Waals surface area contributed by atoms with Crippen molar-refractivity contribution in [2.75, 3.05) is 11.9 Å². The number of aromatic amines is 1. The Morgan fingerprint density at radius 1 is 1.64 bits per heavy atom. The minimum Gasteiger partial charge on any atom is -0.355 e. The minimum absolute atomic E-state index is 0.0743. The van der Waals surface area contributed by atoms with Gasteiger partial charge in [0.05, 0.1) is 12.1 Å². The molecule has 2 rings (SSSR count). The van der Waals surface area contributed by atoms with Crippen LogP contribution in [0.25, 0.3) is 0 Å². The van der Waals surface area contributed by atoms with Gasteiger partial charge < -0.3 is 10.6 Å². The minimum atomic E-state index is -0.272. The summed E-state index contributed by atoms with van der Waals surface area (Å²) in [6.45, 7) is 0.415. The highest BCUT2D eigenvalue weighted by molar-refractivity contribution is 5.96. The number of aromatic nitrogens is 2. The second kappa shape index (κ2) is 3.49. The number of hydrogen-bond donors (Lipinski definition) is 3. The van der Waals surface area contributed by atoms with Crippen LogP contribution < -0.4 is 10.6 Å². The van der Waals surface area contributed by atoms with Gasteiger partial charge in [-0.25, -0.2) is 0 Å². The van der Waals surface area contributed by atoms with Crippen LogP contribution in [0.2, 0.25) is 0 Å². The molecule has 1 saturated heterocycles. The van der Waals surface area contributed by atoms with Crippen molar-refractivity contribution < 1.29 is 9.59 Å². The van der Waals surface area contributed by atoms with Crippen LogP contribution in [0.1, 0.15) is 6.42 Å². The molecule has 14 heavy (non-hydrogen) atoms. The van der Waals surface area contributed by atoms with Gasteiger partial charge in [-0.2, -0.15) is 5.10 Å². The van der Waals surface area contributed by atoms with E-state index in [9.17, 15) is 9.59 Å². The summed E-state index contributed by atoms with van der Waals surface area (Å²) in [5, 5.41) is 11.5. The largest absolute Gasteiger partial charge is 0.355 e. The summed E-state index contributed by atoms with van der Waals surface area (Å²) in [5.41, 5.74) is 0. The molecule has 74 valence electrons. The first kappa shape index (κ1) is 8.74. The molecule has 1 aromatic rings. The summed E-state index contributed by atoms with van der Waals surface area (Å²) in [4.78, 5) is 22.4. The number of hydrogen-bond acceptors (Lipinski definition) is 3. The fourth-order valence-electron chi connectivity index (χ4n) is 1.35. The van der Waals surface area contributed by atoms with Gasteiger partial charge in [-0.1, -0.05) is 0 Å². The van der Waals surface area contributed by atoms with Crippen molar-refractivity contribution in [3.63, 3.8) is 0 Å². The molecule has 0 bridgehead atoms. The Morgan fingerprint density at radius 2 is 2.50 bits per heavy atom. The number of rotatable bonds is 2. The van der Waals surface area contributed by atoms with Gasteiger partial charge >= 0.3 is 0 Å². The molecule has 0 radical (unpaired) electrons. The van der Waals surface area contributed by atoms with Crippen LogP contribution >= 0.6 is 0 Å². The molecular formula is C8H10N4O2. The Morgan fingerprint density at radius 3 is 3.07 bits per heavy atom. The van der Waals surface area contributed by atoms with E-state index in [-0.39, 0.29) is 24.2 Å². The summed E-state index contributed by atoms with van der Waals surface area (Å²) >= 11 is 0. The van der Waals surface area contributed by atoms with Crippen LogP contribution in [0.3, 0.4) is 0 Å². The van der Waals surface area contributed by atoms with Gasteiger partial charge in [0.15, 0.2) is 0 Å². The number of carbonyl (C=O) groups excluding carboxylic acids is 2. The molecule has 1 atom stereocenters. The van der Waals surface area contributed by atoms with E-state index in [0.29, 0.717) is 12.4 Å². The molecule has 1 aliphatic rings. The Bertz CT molecular complexity index is 346. The molecule has 1 unspecified atom stereocenters. The van der Waals surface area contributed by atoms with Crippen LogP contribution in [-0.2, 0) is 9.59 Å². The summed E-state index contributed by atoms with van der Waals surface area (Å²) in [5.74, 6) is 0.0440. The Labute approximate surface area is 80.1 Å². The molecule has 2 amide bonds. The van der Waals surface area contributed by atoms with E-state index < -0.39 is 0 Å². The zero-order valence-electron chi connectivity index (χ0n) is 7.41. The fourth-order valence-corrected chi connectivity index (χ4v) is 1.35. The van der Waals surface area contributed by atoms with Gasteiger partial charge in [-0.05, 0) is 0 Å². The van der Waals surface area contributed by atoms with E-state index in [1.165, 1.54) is 0 Å². The smallest absolute Gasteiger partial charge is 0.230 e. The second-order valence-electron chi connectivity index (χ2n) is 3.16. The third-order valence-electron chi connectivity index (χ3n) is 2.11. The predicted octanol–water partition coefficient (Wildman–Crippen LogP) is -0.516. The fraction of sp³-hybridized carbons (Fsp3) is 0.375. The zero-order valence-corrected chi connectivity index (χ0v) is 7.41. The van der Waals surface area contributed by atoms with E-state index >= 15 is 0 Å². The average molecular weight is 194 g/mol. The number of anilines is 1. The molecule has 0 spiro atoms. The summed E-state index contributed by atoms with van der Waals surface area (Å²) in [6, 6.07) is 1.65. The van der Waals surface area contributed by atoms with Crippen LogP contribution in [-0.4, -0.2) is 28.6 Å².